The van der Waals surface area contributed by atoms with Crippen LogP contribution < -0.4 is 10.6 Å². The molecule has 2 heterocycles. The number of aromatic nitrogens is 4. The average Bonchev–Trinajstić information content (AvgIpc) is 3.35. The van der Waals surface area contributed by atoms with Crippen molar-refractivity contribution in [2.24, 2.45) is 0 Å². The van der Waals surface area contributed by atoms with Crippen LogP contribution in [0.4, 0.5) is 18.3 Å². The fourth-order valence-electron chi connectivity index (χ4n) is 2.44. The summed E-state index contributed by atoms with van der Waals surface area (Å²) in [7, 11) is 1.41. The van der Waals surface area contributed by atoms with E-state index in [1.807, 2.05) is 0 Å². The Morgan fingerprint density at radius 1 is 1.30 bits per heavy atom. The van der Waals surface area contributed by atoms with Gasteiger partial charge in [-0.25, -0.2) is 0 Å². The lowest BCUT2D eigenvalue weighted by Crippen LogP contribution is -2.21. The predicted molar refractivity (Wildman–Crippen MR) is 106 cm³/mol. The maximum atomic E-state index is 12.7. The Labute approximate surface area is 174 Å². The van der Waals surface area contributed by atoms with Crippen molar-refractivity contribution in [2.75, 3.05) is 12.4 Å². The molecule has 0 bridgehead atoms. The fourth-order valence-corrected chi connectivity index (χ4v) is 3.05. The highest BCUT2D eigenvalue weighted by atomic mass is 32.1. The van der Waals surface area contributed by atoms with Gasteiger partial charge in [-0.3, -0.25) is 19.6 Å². The second kappa shape index (κ2) is 9.48. The summed E-state index contributed by atoms with van der Waals surface area (Å²) < 4.78 is 39.4. The number of alkyl halides is 3. The van der Waals surface area contributed by atoms with E-state index in [9.17, 15) is 22.8 Å². The Bertz CT molecular complexity index is 1010. The number of nitrogens with zero attached hydrogens (tertiary/aromatic N) is 4. The van der Waals surface area contributed by atoms with Crippen LogP contribution in [0.25, 0.3) is 0 Å². The molecule has 0 fully saturated rings. The SMILES string of the molecule is C=C/C=C\C(=C/C)[C@H](C)n1nc(C(=O)NC)cc1C(=O)Nc1nnc(C(F)(F)F)s1. The minimum Gasteiger partial charge on any atom is -0.354 e. The quantitative estimate of drug-likeness (QED) is 0.641. The van der Waals surface area contributed by atoms with Gasteiger partial charge in [0.2, 0.25) is 10.1 Å². The molecule has 2 amide bonds. The third-order valence-corrected chi connectivity index (χ3v) is 4.81. The van der Waals surface area contributed by atoms with Crippen LogP contribution in [0.2, 0.25) is 0 Å². The van der Waals surface area contributed by atoms with E-state index in [2.05, 4.69) is 32.5 Å². The first kappa shape index (κ1) is 23.0. The van der Waals surface area contributed by atoms with Gasteiger partial charge in [0.1, 0.15) is 5.69 Å². The molecule has 30 heavy (non-hydrogen) atoms. The van der Waals surface area contributed by atoms with Crippen LogP contribution in [0.15, 0.2) is 42.5 Å². The Balaban J connectivity index is 2.42. The molecule has 8 nitrogen and oxygen atoms in total. The molecule has 0 aliphatic carbocycles. The maximum Gasteiger partial charge on any atom is 0.445 e. The molecular weight excluding hydrogens is 421 g/mol. The first-order valence-electron chi connectivity index (χ1n) is 8.61. The highest BCUT2D eigenvalue weighted by Gasteiger charge is 2.36. The summed E-state index contributed by atoms with van der Waals surface area (Å²) in [5.41, 5.74) is 0.716. The lowest BCUT2D eigenvalue weighted by Gasteiger charge is -2.16. The second-order valence-electron chi connectivity index (χ2n) is 5.86. The van der Waals surface area contributed by atoms with Crippen LogP contribution in [0.3, 0.4) is 0 Å². The minimum absolute atomic E-state index is 0.0223. The van der Waals surface area contributed by atoms with E-state index < -0.39 is 29.0 Å². The zero-order valence-corrected chi connectivity index (χ0v) is 17.1. The molecule has 0 saturated heterocycles. The Kier molecular flexibility index (Phi) is 7.27. The molecule has 2 N–H and O–H groups in total. The van der Waals surface area contributed by atoms with Gasteiger partial charge in [0.05, 0.1) is 6.04 Å². The van der Waals surface area contributed by atoms with Crippen LogP contribution in [-0.2, 0) is 6.18 Å². The summed E-state index contributed by atoms with van der Waals surface area (Å²) >= 11 is 0.195. The van der Waals surface area contributed by atoms with Crippen molar-refractivity contribution in [3.05, 3.63) is 58.9 Å². The number of anilines is 1. The predicted octanol–water partition coefficient (Wildman–Crippen LogP) is 3.61. The van der Waals surface area contributed by atoms with Crippen LogP contribution in [0, 0.1) is 0 Å². The molecule has 2 aromatic heterocycles. The maximum absolute atomic E-state index is 12.7. The van der Waals surface area contributed by atoms with Crippen molar-refractivity contribution in [2.45, 2.75) is 26.1 Å². The lowest BCUT2D eigenvalue weighted by molar-refractivity contribution is -0.138. The molecule has 12 heteroatoms. The fraction of sp³-hybridized carbons (Fsp3) is 0.278. The van der Waals surface area contributed by atoms with Gasteiger partial charge in [-0.1, -0.05) is 42.2 Å². The largest absolute Gasteiger partial charge is 0.445 e. The number of hydrogen-bond acceptors (Lipinski definition) is 6. The number of carbonyl (C=O) groups excluding carboxylic acids is 2. The second-order valence-corrected chi connectivity index (χ2v) is 6.84. The summed E-state index contributed by atoms with van der Waals surface area (Å²) in [4.78, 5) is 24.7. The topological polar surface area (TPSA) is 102 Å². The highest BCUT2D eigenvalue weighted by Crippen LogP contribution is 2.33. The Hall–Kier alpha value is -3.28. The molecular formula is C18H19F3N6O2S. The average molecular weight is 440 g/mol. The highest BCUT2D eigenvalue weighted by molar-refractivity contribution is 7.15. The van der Waals surface area contributed by atoms with Crippen molar-refractivity contribution < 1.29 is 22.8 Å². The summed E-state index contributed by atoms with van der Waals surface area (Å²) in [5, 5.41) is 13.7. The number of amides is 2. The van der Waals surface area contributed by atoms with Crippen molar-refractivity contribution in [3.63, 3.8) is 0 Å². The zero-order chi connectivity index (χ0) is 22.5. The molecule has 0 aliphatic rings. The summed E-state index contributed by atoms with van der Waals surface area (Å²) in [6, 6.07) is 0.784. The van der Waals surface area contributed by atoms with Crippen LogP contribution in [0.1, 0.15) is 45.9 Å². The molecule has 0 aliphatic heterocycles. The van der Waals surface area contributed by atoms with Crippen molar-refractivity contribution in [3.8, 4) is 0 Å². The third-order valence-electron chi connectivity index (χ3n) is 3.92. The minimum atomic E-state index is -4.67. The number of nitrogens with one attached hydrogen (secondary N) is 2. The van der Waals surface area contributed by atoms with E-state index in [1.165, 1.54) is 17.8 Å². The van der Waals surface area contributed by atoms with Crippen LogP contribution >= 0.6 is 11.3 Å². The standard InChI is InChI=1S/C18H19F3N6O2S/c1-5-7-8-11(6-2)10(3)27-13(9-12(26-27)14(28)22-4)15(29)23-17-25-24-16(30-17)18(19,20)21/h5-10H,1H2,2-4H3,(H,22,28)(H,23,25,29)/b8-7-,11-6+/t10-/m0/s1. The molecule has 0 radical (unpaired) electrons. The van der Waals surface area contributed by atoms with E-state index >= 15 is 0 Å². The monoisotopic (exact) mass is 440 g/mol. The van der Waals surface area contributed by atoms with E-state index in [-0.39, 0.29) is 27.9 Å². The number of hydrogen-bond donors (Lipinski definition) is 2. The summed E-state index contributed by atoms with van der Waals surface area (Å²) in [6.45, 7) is 7.15. The van der Waals surface area contributed by atoms with Gasteiger partial charge in [-0.15, -0.1) is 10.2 Å². The normalized spacial score (nSPS) is 13.3. The van der Waals surface area contributed by atoms with Gasteiger partial charge in [-0.05, 0) is 19.4 Å². The molecule has 0 unspecified atom stereocenters. The molecule has 0 spiro atoms. The van der Waals surface area contributed by atoms with Crippen LogP contribution in [0.5, 0.6) is 0 Å². The van der Waals surface area contributed by atoms with Gasteiger partial charge in [0, 0.05) is 13.1 Å². The molecule has 1 atom stereocenters. The zero-order valence-electron chi connectivity index (χ0n) is 16.3. The van der Waals surface area contributed by atoms with Gasteiger partial charge < -0.3 is 5.32 Å². The third kappa shape index (κ3) is 5.20. The molecule has 2 aromatic rings. The molecule has 0 aromatic carbocycles. The van der Waals surface area contributed by atoms with E-state index in [0.29, 0.717) is 0 Å². The summed E-state index contributed by atoms with van der Waals surface area (Å²) in [5.74, 6) is -1.30. The molecule has 2 rings (SSSR count). The van der Waals surface area contributed by atoms with Crippen LogP contribution in [-0.4, -0.2) is 38.8 Å². The Morgan fingerprint density at radius 3 is 2.53 bits per heavy atom. The number of halogens is 3. The first-order valence-corrected chi connectivity index (χ1v) is 9.43. The molecule has 0 saturated carbocycles. The van der Waals surface area contributed by atoms with Gasteiger partial charge in [0.25, 0.3) is 11.8 Å². The number of rotatable bonds is 7. The Morgan fingerprint density at radius 2 is 2.00 bits per heavy atom. The van der Waals surface area contributed by atoms with Crippen molar-refractivity contribution in [1.82, 2.24) is 25.3 Å². The van der Waals surface area contributed by atoms with E-state index in [0.717, 1.165) is 5.57 Å². The smallest absolute Gasteiger partial charge is 0.354 e. The van der Waals surface area contributed by atoms with Crippen molar-refractivity contribution in [1.29, 1.82) is 0 Å². The lowest BCUT2D eigenvalue weighted by atomic mass is 10.1. The first-order chi connectivity index (χ1) is 14.1. The van der Waals surface area contributed by atoms with E-state index in [4.69, 9.17) is 0 Å². The number of carbonyl (C=O) groups is 2. The van der Waals surface area contributed by atoms with Crippen molar-refractivity contribution >= 4 is 28.3 Å². The van der Waals surface area contributed by atoms with Gasteiger partial charge in [-0.2, -0.15) is 18.3 Å². The summed E-state index contributed by atoms with van der Waals surface area (Å²) in [6.07, 6.45) is 2.18. The molecule has 160 valence electrons. The number of allylic oxidation sites excluding steroid dienone is 5. The van der Waals surface area contributed by atoms with Gasteiger partial charge >= 0.3 is 6.18 Å². The van der Waals surface area contributed by atoms with E-state index in [1.54, 1.807) is 38.2 Å². The van der Waals surface area contributed by atoms with Gasteiger partial charge in [0.15, 0.2) is 5.69 Å².